The smallest absolute Gasteiger partial charge is 0.238 e. The van der Waals surface area contributed by atoms with E-state index in [2.05, 4.69) is 15.2 Å². The summed E-state index contributed by atoms with van der Waals surface area (Å²) in [6.07, 6.45) is 0.808. The van der Waals surface area contributed by atoms with Crippen molar-refractivity contribution >= 4 is 40.4 Å². The first kappa shape index (κ1) is 32.0. The largest absolute Gasteiger partial charge is 0.493 e. The van der Waals surface area contributed by atoms with Crippen LogP contribution in [-0.4, -0.2) is 69.8 Å². The van der Waals surface area contributed by atoms with Gasteiger partial charge in [-0.1, -0.05) is 23.7 Å². The Hall–Kier alpha value is -3.94. The van der Waals surface area contributed by atoms with Gasteiger partial charge in [-0.15, -0.1) is 0 Å². The number of amidine groups is 1. The number of benzene rings is 3. The highest BCUT2D eigenvalue weighted by Crippen LogP contribution is 2.36. The fraction of sp³-hybridized carbons (Fsp3) is 0.333. The van der Waals surface area contributed by atoms with Crippen molar-refractivity contribution in [2.24, 2.45) is 22.3 Å². The lowest BCUT2D eigenvalue weighted by molar-refractivity contribution is -0.114. The molecule has 13 heteroatoms. The Bertz CT molecular complexity index is 1420. The highest BCUT2D eigenvalue weighted by atomic mass is 35.5. The van der Waals surface area contributed by atoms with Crippen LogP contribution in [0.4, 0.5) is 21.5 Å². The Labute approximate surface area is 255 Å². The first-order valence-electron chi connectivity index (χ1n) is 13.8. The van der Waals surface area contributed by atoms with Gasteiger partial charge in [0.2, 0.25) is 5.91 Å². The van der Waals surface area contributed by atoms with Crippen LogP contribution in [-0.2, 0) is 16.1 Å². The Morgan fingerprint density at radius 2 is 1.88 bits per heavy atom. The molecule has 7 N–H and O–H groups in total. The van der Waals surface area contributed by atoms with Crippen LogP contribution in [0, 0.1) is 5.82 Å². The molecule has 0 unspecified atom stereocenters. The predicted molar refractivity (Wildman–Crippen MR) is 167 cm³/mol. The van der Waals surface area contributed by atoms with Crippen molar-refractivity contribution in [3.05, 3.63) is 76.6 Å². The van der Waals surface area contributed by atoms with E-state index in [-0.39, 0.29) is 29.9 Å². The van der Waals surface area contributed by atoms with Crippen molar-refractivity contribution in [2.45, 2.75) is 13.0 Å². The minimum Gasteiger partial charge on any atom is -0.493 e. The molecule has 0 saturated carbocycles. The van der Waals surface area contributed by atoms with Gasteiger partial charge in [0.1, 0.15) is 11.7 Å². The zero-order valence-electron chi connectivity index (χ0n) is 24.0. The molecule has 0 aliphatic carbocycles. The number of methoxy groups -OCH3 is 1. The molecular weight excluding hydrogens is 577 g/mol. The lowest BCUT2D eigenvalue weighted by Crippen LogP contribution is -2.37. The van der Waals surface area contributed by atoms with Crippen LogP contribution in [0.3, 0.4) is 0 Å². The summed E-state index contributed by atoms with van der Waals surface area (Å²) in [5, 5.41) is 4.14. The molecule has 3 aromatic rings. The number of rotatable bonds is 13. The van der Waals surface area contributed by atoms with E-state index in [1.165, 1.54) is 23.2 Å². The van der Waals surface area contributed by atoms with E-state index >= 15 is 0 Å². The van der Waals surface area contributed by atoms with Crippen molar-refractivity contribution in [1.82, 2.24) is 4.90 Å². The summed E-state index contributed by atoms with van der Waals surface area (Å²) in [5.74, 6) is 6.80. The van der Waals surface area contributed by atoms with Crippen LogP contribution in [0.25, 0.3) is 0 Å². The lowest BCUT2D eigenvalue weighted by Gasteiger charge is -2.26. The number of halogens is 2. The van der Waals surface area contributed by atoms with Gasteiger partial charge in [0.15, 0.2) is 11.5 Å². The number of carbonyl (C=O) groups is 1. The van der Waals surface area contributed by atoms with Gasteiger partial charge in [-0.3, -0.25) is 9.69 Å². The van der Waals surface area contributed by atoms with Gasteiger partial charge in [-0.05, 0) is 48.4 Å². The molecule has 1 saturated heterocycles. The summed E-state index contributed by atoms with van der Waals surface area (Å²) >= 11 is 5.96. The van der Waals surface area contributed by atoms with Crippen molar-refractivity contribution < 1.29 is 23.4 Å². The number of hydrazine groups is 1. The van der Waals surface area contributed by atoms with E-state index in [0.29, 0.717) is 40.7 Å². The summed E-state index contributed by atoms with van der Waals surface area (Å²) < 4.78 is 30.9. The SMILES string of the molecule is COc1cc(N(N)Cc2ccc(NC(=O)CN)cc2)c(C(N)=Nc2ccc(F)c(Cl)c2)cc1OCCCN1CCOCC1. The maximum Gasteiger partial charge on any atom is 0.238 e. The average molecular weight is 614 g/mol. The topological polar surface area (TPSA) is 154 Å². The highest BCUT2D eigenvalue weighted by molar-refractivity contribution is 6.31. The first-order valence-corrected chi connectivity index (χ1v) is 14.2. The molecule has 1 amide bonds. The number of aliphatic imine (C=N–C) groups is 1. The molecule has 0 spiro atoms. The molecule has 0 bridgehead atoms. The normalized spacial score (nSPS) is 13.9. The molecule has 0 atom stereocenters. The zero-order valence-corrected chi connectivity index (χ0v) is 24.8. The maximum absolute atomic E-state index is 13.7. The zero-order chi connectivity index (χ0) is 30.8. The molecular formula is C30H37ClFN7O4. The van der Waals surface area contributed by atoms with Crippen molar-refractivity contribution in [3.63, 3.8) is 0 Å². The fourth-order valence-electron chi connectivity index (χ4n) is 4.50. The van der Waals surface area contributed by atoms with Crippen LogP contribution in [0.15, 0.2) is 59.6 Å². The molecule has 1 fully saturated rings. The third-order valence-electron chi connectivity index (χ3n) is 6.78. The van der Waals surface area contributed by atoms with E-state index in [9.17, 15) is 9.18 Å². The molecule has 1 heterocycles. The molecule has 0 radical (unpaired) electrons. The minimum atomic E-state index is -0.557. The second-order valence-electron chi connectivity index (χ2n) is 9.85. The van der Waals surface area contributed by atoms with Crippen molar-refractivity contribution in [1.29, 1.82) is 0 Å². The molecule has 3 aromatic carbocycles. The number of nitrogens with two attached hydrogens (primary N) is 3. The molecule has 0 aromatic heterocycles. The number of hydrogen-bond donors (Lipinski definition) is 4. The van der Waals surface area contributed by atoms with E-state index in [1.54, 1.807) is 31.4 Å². The standard InChI is InChI=1S/C30H37ClFN7O4/c1-41-27-17-26(39(35)19-20-3-5-21(6-4-20)36-29(40)18-33)23(30(34)37-22-7-8-25(32)24(31)15-22)16-28(27)43-12-2-9-38-10-13-42-14-11-38/h3-8,15-17H,2,9-14,18-19,33,35H2,1H3,(H2,34,37)(H,36,40). The second-order valence-corrected chi connectivity index (χ2v) is 10.3. The van der Waals surface area contributed by atoms with E-state index < -0.39 is 5.82 Å². The Kier molecular flexibility index (Phi) is 11.5. The summed E-state index contributed by atoms with van der Waals surface area (Å²) in [7, 11) is 1.55. The van der Waals surface area contributed by atoms with Crippen LogP contribution in [0.5, 0.6) is 11.5 Å². The average Bonchev–Trinajstić information content (AvgIpc) is 3.02. The number of ether oxygens (including phenoxy) is 3. The number of nitrogens with one attached hydrogen (secondary N) is 1. The van der Waals surface area contributed by atoms with Crippen molar-refractivity contribution in [3.8, 4) is 11.5 Å². The van der Waals surface area contributed by atoms with Crippen molar-refractivity contribution in [2.75, 3.05) is 63.4 Å². The highest BCUT2D eigenvalue weighted by Gasteiger charge is 2.19. The molecule has 230 valence electrons. The molecule has 1 aliphatic heterocycles. The number of amides is 1. The van der Waals surface area contributed by atoms with E-state index in [0.717, 1.165) is 44.8 Å². The molecule has 11 nitrogen and oxygen atoms in total. The van der Waals surface area contributed by atoms with Gasteiger partial charge >= 0.3 is 0 Å². The maximum atomic E-state index is 13.7. The monoisotopic (exact) mass is 613 g/mol. The van der Waals surface area contributed by atoms with Gasteiger partial charge in [0.05, 0.1) is 56.4 Å². The number of carbonyl (C=O) groups excluding carboxylic acids is 1. The number of anilines is 2. The quantitative estimate of drug-likeness (QED) is 0.0746. The van der Waals surface area contributed by atoms with Crippen LogP contribution in [0.1, 0.15) is 17.5 Å². The van der Waals surface area contributed by atoms with Gasteiger partial charge in [0, 0.05) is 37.0 Å². The lowest BCUT2D eigenvalue weighted by atomic mass is 10.1. The van der Waals surface area contributed by atoms with Gasteiger partial charge in [0.25, 0.3) is 0 Å². The Morgan fingerprint density at radius 1 is 1.14 bits per heavy atom. The molecule has 4 rings (SSSR count). The van der Waals surface area contributed by atoms with E-state index in [4.69, 9.17) is 43.1 Å². The minimum absolute atomic E-state index is 0.0696. The molecule has 1 aliphatic rings. The van der Waals surface area contributed by atoms with Gasteiger partial charge in [-0.25, -0.2) is 15.2 Å². The second kappa shape index (κ2) is 15.5. The number of hydrogen-bond acceptors (Lipinski definition) is 9. The number of morpholine rings is 1. The summed E-state index contributed by atoms with van der Waals surface area (Å²) in [5.41, 5.74) is 14.7. The Balaban J connectivity index is 1.59. The first-order chi connectivity index (χ1) is 20.8. The van der Waals surface area contributed by atoms with Crippen LogP contribution in [0.2, 0.25) is 5.02 Å². The third-order valence-corrected chi connectivity index (χ3v) is 7.07. The van der Waals surface area contributed by atoms with E-state index in [1.807, 2.05) is 12.1 Å². The van der Waals surface area contributed by atoms with Crippen LogP contribution >= 0.6 is 11.6 Å². The third kappa shape index (κ3) is 9.02. The summed E-state index contributed by atoms with van der Waals surface area (Å²) in [6, 6.07) is 14.8. The van der Waals surface area contributed by atoms with Crippen LogP contribution < -0.4 is 37.1 Å². The summed E-state index contributed by atoms with van der Waals surface area (Å²) in [6.45, 7) is 4.80. The predicted octanol–water partition coefficient (Wildman–Crippen LogP) is 3.40. The fourth-order valence-corrected chi connectivity index (χ4v) is 4.68. The summed E-state index contributed by atoms with van der Waals surface area (Å²) in [4.78, 5) is 18.4. The molecule has 43 heavy (non-hydrogen) atoms. The van der Waals surface area contributed by atoms with Gasteiger partial charge < -0.3 is 36.0 Å². The van der Waals surface area contributed by atoms with Gasteiger partial charge in [-0.2, -0.15) is 0 Å². The number of nitrogens with zero attached hydrogens (tertiary/aromatic N) is 3. The Morgan fingerprint density at radius 3 is 2.56 bits per heavy atom.